The van der Waals surface area contributed by atoms with Crippen molar-refractivity contribution in [1.82, 2.24) is 9.80 Å². The highest BCUT2D eigenvalue weighted by molar-refractivity contribution is 8.02. The molecule has 7 nitrogen and oxygen atoms in total. The topological polar surface area (TPSA) is 87.2 Å². The summed E-state index contributed by atoms with van der Waals surface area (Å²) in [4.78, 5) is 45.8. The number of aliphatic hydroxyl groups is 1. The lowest BCUT2D eigenvalue weighted by atomic mass is 9.78. The van der Waals surface area contributed by atoms with Gasteiger partial charge in [-0.3, -0.25) is 14.4 Å². The second kappa shape index (κ2) is 11.3. The Labute approximate surface area is 229 Å². The molecule has 38 heavy (non-hydrogen) atoms. The van der Waals surface area contributed by atoms with Gasteiger partial charge in [0, 0.05) is 17.8 Å². The van der Waals surface area contributed by atoms with Crippen molar-refractivity contribution in [2.75, 3.05) is 19.8 Å². The van der Waals surface area contributed by atoms with Crippen LogP contribution in [0.25, 0.3) is 0 Å². The molecule has 204 valence electrons. The second-order valence-electron chi connectivity index (χ2n) is 10.9. The highest BCUT2D eigenvalue weighted by Crippen LogP contribution is 2.61. The highest BCUT2D eigenvalue weighted by Gasteiger charge is 2.71. The summed E-state index contributed by atoms with van der Waals surface area (Å²) in [6.45, 7) is 4.67. The number of hydrogen-bond donors (Lipinski definition) is 1. The number of amides is 2. The van der Waals surface area contributed by atoms with Gasteiger partial charge < -0.3 is 19.6 Å². The van der Waals surface area contributed by atoms with Crippen molar-refractivity contribution < 1.29 is 24.2 Å². The lowest BCUT2D eigenvalue weighted by Crippen LogP contribution is -2.58. The van der Waals surface area contributed by atoms with Crippen LogP contribution in [0.2, 0.25) is 0 Å². The molecule has 5 rings (SSSR count). The summed E-state index contributed by atoms with van der Waals surface area (Å²) in [5.74, 6) is -2.12. The fourth-order valence-electron chi connectivity index (χ4n) is 6.71. The maximum Gasteiger partial charge on any atom is 0.311 e. The number of fused-ring (bicyclic) bond motifs is 2. The van der Waals surface area contributed by atoms with E-state index in [-0.39, 0.29) is 35.7 Å². The molecule has 4 aliphatic rings. The molecule has 1 aromatic rings. The molecule has 0 bridgehead atoms. The van der Waals surface area contributed by atoms with E-state index >= 15 is 0 Å². The number of rotatable bonds is 7. The normalized spacial score (nSPS) is 33.3. The molecule has 8 heteroatoms. The number of aliphatic hydroxyl groups excluding tert-OH is 1. The maximum atomic E-state index is 14.5. The molecule has 2 amide bonds. The number of ether oxygens (including phenoxy) is 1. The zero-order valence-corrected chi connectivity index (χ0v) is 23.0. The Morgan fingerprint density at radius 2 is 1.95 bits per heavy atom. The van der Waals surface area contributed by atoms with Crippen LogP contribution in [0.15, 0.2) is 54.6 Å². The first-order valence-corrected chi connectivity index (χ1v) is 14.8. The number of nitrogens with zero attached hydrogens (tertiary/aromatic N) is 2. The predicted molar refractivity (Wildman–Crippen MR) is 147 cm³/mol. The van der Waals surface area contributed by atoms with Gasteiger partial charge in [0.05, 0.1) is 35.8 Å². The maximum absolute atomic E-state index is 14.5. The average Bonchev–Trinajstić information content (AvgIpc) is 3.33. The third-order valence-electron chi connectivity index (χ3n) is 8.48. The standard InChI is InChI=1S/C30H38N2O5S/c1-3-11-20(2)31-16-10-15-30-25(24-23(38-30)14-8-5-9-17-37-29(24)36)27(34)32(26(30)28(31)35)22(19-33)18-21-12-6-4-7-13-21/h4,6-8,10,12-15,20,22-26,33H,3,5,9,11,16-19H2,1-2H3/b14-8-/t20?,22-,23+,24-,25+,26?,30+/m1/s1. The van der Waals surface area contributed by atoms with Crippen molar-refractivity contribution in [3.63, 3.8) is 0 Å². The second-order valence-corrected chi connectivity index (χ2v) is 12.4. The van der Waals surface area contributed by atoms with Gasteiger partial charge in [0.2, 0.25) is 11.8 Å². The number of esters is 1. The molecule has 4 heterocycles. The first-order chi connectivity index (χ1) is 18.4. The lowest BCUT2D eigenvalue weighted by molar-refractivity contribution is -0.153. The molecule has 1 aromatic carbocycles. The molecule has 1 N–H and O–H groups in total. The van der Waals surface area contributed by atoms with Crippen LogP contribution in [0.1, 0.15) is 45.1 Å². The van der Waals surface area contributed by atoms with Crippen LogP contribution in [0.5, 0.6) is 0 Å². The number of likely N-dealkylation sites (tertiary alicyclic amines) is 1. The van der Waals surface area contributed by atoms with E-state index in [0.29, 0.717) is 19.6 Å². The Morgan fingerprint density at radius 1 is 1.16 bits per heavy atom. The third kappa shape index (κ3) is 4.60. The van der Waals surface area contributed by atoms with Crippen LogP contribution in [0, 0.1) is 11.8 Å². The molecular formula is C30H38N2O5S. The van der Waals surface area contributed by atoms with Gasteiger partial charge in [-0.1, -0.05) is 68.0 Å². The van der Waals surface area contributed by atoms with Crippen molar-refractivity contribution in [1.29, 1.82) is 0 Å². The summed E-state index contributed by atoms with van der Waals surface area (Å²) >= 11 is 1.55. The van der Waals surface area contributed by atoms with Gasteiger partial charge in [0.1, 0.15) is 6.04 Å². The van der Waals surface area contributed by atoms with E-state index in [2.05, 4.69) is 19.9 Å². The summed E-state index contributed by atoms with van der Waals surface area (Å²) in [7, 11) is 0. The largest absolute Gasteiger partial charge is 0.465 e. The average molecular weight is 539 g/mol. The summed E-state index contributed by atoms with van der Waals surface area (Å²) in [6, 6.07) is 8.35. The van der Waals surface area contributed by atoms with Gasteiger partial charge in [0.25, 0.3) is 0 Å². The quantitative estimate of drug-likeness (QED) is 0.423. The SMILES string of the molecule is CCCC(C)N1CC=C[C@]23S[C@H]4/C=C\CCCOC(=O)[C@H]4[C@H]2C(=O)N([C@@H](CO)Cc2ccccc2)C3C1=O. The Bertz CT molecular complexity index is 1110. The number of hydrogen-bond acceptors (Lipinski definition) is 6. The molecule has 0 aliphatic carbocycles. The monoisotopic (exact) mass is 538 g/mol. The molecule has 1 spiro atoms. The van der Waals surface area contributed by atoms with Gasteiger partial charge >= 0.3 is 5.97 Å². The summed E-state index contributed by atoms with van der Waals surface area (Å²) in [5.41, 5.74) is 0.980. The number of thioether (sulfide) groups is 1. The zero-order valence-electron chi connectivity index (χ0n) is 22.2. The third-order valence-corrected chi connectivity index (χ3v) is 10.2. The molecule has 0 radical (unpaired) electrons. The lowest BCUT2D eigenvalue weighted by Gasteiger charge is -2.40. The number of allylic oxidation sites excluding steroid dienone is 1. The number of cyclic esters (lactones) is 1. The van der Waals surface area contributed by atoms with E-state index in [4.69, 9.17) is 4.74 Å². The van der Waals surface area contributed by atoms with E-state index < -0.39 is 28.7 Å². The Hall–Kier alpha value is -2.58. The minimum atomic E-state index is -0.906. The van der Waals surface area contributed by atoms with Gasteiger partial charge in [-0.15, -0.1) is 11.8 Å². The molecular weight excluding hydrogens is 500 g/mol. The number of carbonyl (C=O) groups is 3. The fourth-order valence-corrected chi connectivity index (χ4v) is 8.70. The fraction of sp³-hybridized carbons (Fsp3) is 0.567. The van der Waals surface area contributed by atoms with E-state index in [1.807, 2.05) is 53.5 Å². The molecule has 0 saturated carbocycles. The summed E-state index contributed by atoms with van der Waals surface area (Å²) in [5, 5.41) is 10.3. The van der Waals surface area contributed by atoms with Gasteiger partial charge in [-0.2, -0.15) is 0 Å². The van der Waals surface area contributed by atoms with Crippen molar-refractivity contribution in [2.45, 2.75) is 74.1 Å². The first kappa shape index (κ1) is 27.0. The smallest absolute Gasteiger partial charge is 0.311 e. The van der Waals surface area contributed by atoms with E-state index in [1.165, 1.54) is 0 Å². The molecule has 4 aliphatic heterocycles. The van der Waals surface area contributed by atoms with Crippen LogP contribution >= 0.6 is 11.8 Å². The van der Waals surface area contributed by atoms with Gasteiger partial charge in [-0.25, -0.2) is 0 Å². The van der Waals surface area contributed by atoms with Crippen LogP contribution in [-0.4, -0.2) is 80.6 Å². The Balaban J connectivity index is 1.61. The van der Waals surface area contributed by atoms with Crippen molar-refractivity contribution >= 4 is 29.5 Å². The van der Waals surface area contributed by atoms with Crippen molar-refractivity contribution in [2.24, 2.45) is 11.8 Å². The minimum Gasteiger partial charge on any atom is -0.465 e. The van der Waals surface area contributed by atoms with Gasteiger partial charge in [-0.05, 0) is 38.2 Å². The van der Waals surface area contributed by atoms with E-state index in [0.717, 1.165) is 31.2 Å². The Kier molecular flexibility index (Phi) is 8.00. The van der Waals surface area contributed by atoms with Crippen molar-refractivity contribution in [3.8, 4) is 0 Å². The van der Waals surface area contributed by atoms with Crippen LogP contribution in [-0.2, 0) is 25.5 Å². The van der Waals surface area contributed by atoms with Gasteiger partial charge in [0.15, 0.2) is 0 Å². The molecule has 0 aromatic heterocycles. The minimum absolute atomic E-state index is 0.0125. The molecule has 2 unspecified atom stereocenters. The Morgan fingerprint density at radius 3 is 2.68 bits per heavy atom. The van der Waals surface area contributed by atoms with Crippen LogP contribution in [0.3, 0.4) is 0 Å². The summed E-state index contributed by atoms with van der Waals surface area (Å²) < 4.78 is 4.74. The highest BCUT2D eigenvalue weighted by atomic mass is 32.2. The number of benzene rings is 1. The predicted octanol–water partition coefficient (Wildman–Crippen LogP) is 3.37. The number of carbonyl (C=O) groups excluding carboxylic acids is 3. The van der Waals surface area contributed by atoms with E-state index in [1.54, 1.807) is 16.7 Å². The summed E-state index contributed by atoms with van der Waals surface area (Å²) in [6.07, 6.45) is 11.9. The first-order valence-electron chi connectivity index (χ1n) is 13.9. The molecule has 2 saturated heterocycles. The zero-order chi connectivity index (χ0) is 26.9. The van der Waals surface area contributed by atoms with Crippen LogP contribution in [0.4, 0.5) is 0 Å². The van der Waals surface area contributed by atoms with E-state index in [9.17, 15) is 19.5 Å². The molecule has 2 fully saturated rings. The molecule has 7 atom stereocenters. The van der Waals surface area contributed by atoms with Crippen molar-refractivity contribution in [3.05, 3.63) is 60.2 Å². The van der Waals surface area contributed by atoms with Crippen LogP contribution < -0.4 is 0 Å².